The van der Waals surface area contributed by atoms with E-state index in [9.17, 15) is 9.59 Å². The minimum absolute atomic E-state index is 0.00620. The normalized spacial score (nSPS) is 20.4. The number of nitrogens with zero attached hydrogens (tertiary/aromatic N) is 2. The Balaban J connectivity index is 1.82. The first kappa shape index (κ1) is 12.4. The number of aryl methyl sites for hydroxylation is 1. The number of methoxy groups -OCH3 is 1. The van der Waals surface area contributed by atoms with Crippen LogP contribution >= 0.6 is 0 Å². The molecular formula is C16H16N2O3. The molecule has 1 aromatic carbocycles. The highest BCUT2D eigenvalue weighted by atomic mass is 16.5. The standard InChI is InChI=1S/C16H16N2O3/c1-21-11-3-4-12-10(8-11)2-5-14-13(12)6-7-17-15(19)9-16(20)18(14)17/h3-4,8H,2,5-7,9H2,1H3. The van der Waals surface area contributed by atoms with E-state index in [4.69, 9.17) is 4.74 Å². The van der Waals surface area contributed by atoms with E-state index in [0.717, 1.165) is 30.7 Å². The summed E-state index contributed by atoms with van der Waals surface area (Å²) in [4.78, 5) is 23.9. The highest BCUT2D eigenvalue weighted by Gasteiger charge is 2.42. The van der Waals surface area contributed by atoms with Gasteiger partial charge in [-0.3, -0.25) is 9.59 Å². The van der Waals surface area contributed by atoms with Crippen molar-refractivity contribution >= 4 is 17.4 Å². The van der Waals surface area contributed by atoms with Gasteiger partial charge in [-0.1, -0.05) is 6.07 Å². The lowest BCUT2D eigenvalue weighted by molar-refractivity contribution is -0.143. The van der Waals surface area contributed by atoms with Gasteiger partial charge in [0.05, 0.1) is 7.11 Å². The number of amides is 2. The summed E-state index contributed by atoms with van der Waals surface area (Å²) in [5, 5.41) is 3.23. The molecule has 1 fully saturated rings. The van der Waals surface area contributed by atoms with Crippen LogP contribution in [0.4, 0.5) is 0 Å². The number of hydrazine groups is 1. The molecule has 0 aromatic heterocycles. The molecule has 0 unspecified atom stereocenters. The molecule has 2 amide bonds. The van der Waals surface area contributed by atoms with Crippen molar-refractivity contribution in [1.82, 2.24) is 10.0 Å². The van der Waals surface area contributed by atoms with Gasteiger partial charge in [0.25, 0.3) is 11.8 Å². The zero-order valence-electron chi connectivity index (χ0n) is 11.9. The van der Waals surface area contributed by atoms with Crippen LogP contribution in [0.3, 0.4) is 0 Å². The summed E-state index contributed by atoms with van der Waals surface area (Å²) >= 11 is 0. The summed E-state index contributed by atoms with van der Waals surface area (Å²) in [5.41, 5.74) is 4.68. The van der Waals surface area contributed by atoms with Crippen molar-refractivity contribution in [1.29, 1.82) is 0 Å². The van der Waals surface area contributed by atoms with E-state index in [1.807, 2.05) is 6.07 Å². The summed E-state index contributed by atoms with van der Waals surface area (Å²) in [6.07, 6.45) is 2.48. The van der Waals surface area contributed by atoms with Crippen LogP contribution in [-0.4, -0.2) is 35.5 Å². The van der Waals surface area contributed by atoms with E-state index in [0.29, 0.717) is 6.54 Å². The molecule has 0 saturated carbocycles. The zero-order valence-corrected chi connectivity index (χ0v) is 11.9. The SMILES string of the molecule is COc1ccc2c(c1)CCC1=C2CCN2C(=O)CC(=O)N12. The number of allylic oxidation sites excluding steroid dienone is 1. The number of carbonyl (C=O) groups excluding carboxylic acids is 2. The van der Waals surface area contributed by atoms with Crippen LogP contribution in [0.2, 0.25) is 0 Å². The number of rotatable bonds is 1. The number of benzene rings is 1. The molecule has 0 bridgehead atoms. The van der Waals surface area contributed by atoms with Gasteiger partial charge in [-0.2, -0.15) is 0 Å². The number of hydrogen-bond acceptors (Lipinski definition) is 3. The van der Waals surface area contributed by atoms with Gasteiger partial charge in [0.1, 0.15) is 12.2 Å². The fraction of sp³-hybridized carbons (Fsp3) is 0.375. The van der Waals surface area contributed by atoms with Gasteiger partial charge < -0.3 is 4.74 Å². The molecule has 2 heterocycles. The maximum absolute atomic E-state index is 12.1. The molecule has 0 spiro atoms. The van der Waals surface area contributed by atoms with Crippen LogP contribution in [0.5, 0.6) is 5.75 Å². The van der Waals surface area contributed by atoms with Crippen molar-refractivity contribution in [2.75, 3.05) is 13.7 Å². The molecule has 0 N–H and O–H groups in total. The highest BCUT2D eigenvalue weighted by molar-refractivity contribution is 6.04. The third-order valence-corrected chi connectivity index (χ3v) is 4.51. The average molecular weight is 284 g/mol. The topological polar surface area (TPSA) is 49.9 Å². The highest BCUT2D eigenvalue weighted by Crippen LogP contribution is 2.41. The number of carbonyl (C=O) groups is 2. The second kappa shape index (κ2) is 4.35. The molecule has 2 aliphatic heterocycles. The van der Waals surface area contributed by atoms with Gasteiger partial charge >= 0.3 is 0 Å². The number of ether oxygens (including phenoxy) is 1. The van der Waals surface area contributed by atoms with Crippen molar-refractivity contribution < 1.29 is 14.3 Å². The van der Waals surface area contributed by atoms with Crippen LogP contribution < -0.4 is 4.74 Å². The molecule has 4 rings (SSSR count). The molecule has 5 nitrogen and oxygen atoms in total. The summed E-state index contributed by atoms with van der Waals surface area (Å²) in [5.74, 6) is 0.693. The quantitative estimate of drug-likeness (QED) is 0.738. The first-order valence-electron chi connectivity index (χ1n) is 7.21. The lowest BCUT2D eigenvalue weighted by Crippen LogP contribution is -2.45. The number of fused-ring (bicyclic) bond motifs is 4. The monoisotopic (exact) mass is 284 g/mol. The Labute approximate surface area is 122 Å². The van der Waals surface area contributed by atoms with Gasteiger partial charge in [-0.25, -0.2) is 10.0 Å². The van der Waals surface area contributed by atoms with Crippen LogP contribution in [0.15, 0.2) is 23.9 Å². The van der Waals surface area contributed by atoms with Crippen molar-refractivity contribution in [2.24, 2.45) is 0 Å². The molecule has 1 saturated heterocycles. The van der Waals surface area contributed by atoms with E-state index < -0.39 is 0 Å². The van der Waals surface area contributed by atoms with Crippen molar-refractivity contribution in [2.45, 2.75) is 25.7 Å². The molecule has 3 aliphatic rings. The van der Waals surface area contributed by atoms with E-state index >= 15 is 0 Å². The average Bonchev–Trinajstić information content (AvgIpc) is 2.81. The van der Waals surface area contributed by atoms with Crippen LogP contribution in [-0.2, 0) is 16.0 Å². The maximum Gasteiger partial charge on any atom is 0.255 e. The Morgan fingerprint density at radius 3 is 2.76 bits per heavy atom. The Kier molecular flexibility index (Phi) is 2.58. The van der Waals surface area contributed by atoms with E-state index in [2.05, 4.69) is 12.1 Å². The van der Waals surface area contributed by atoms with Gasteiger partial charge in [0.15, 0.2) is 0 Å². The first-order chi connectivity index (χ1) is 10.2. The summed E-state index contributed by atoms with van der Waals surface area (Å²) in [7, 11) is 1.67. The molecule has 0 radical (unpaired) electrons. The van der Waals surface area contributed by atoms with E-state index in [1.165, 1.54) is 16.7 Å². The maximum atomic E-state index is 12.1. The molecule has 21 heavy (non-hydrogen) atoms. The predicted octanol–water partition coefficient (Wildman–Crippen LogP) is 1.73. The third-order valence-electron chi connectivity index (χ3n) is 4.51. The van der Waals surface area contributed by atoms with Crippen LogP contribution in [0, 0.1) is 0 Å². The minimum atomic E-state index is -0.0934. The van der Waals surface area contributed by atoms with Crippen molar-refractivity contribution in [3.8, 4) is 5.75 Å². The Bertz CT molecular complexity index is 693. The number of hydrogen-bond donors (Lipinski definition) is 0. The van der Waals surface area contributed by atoms with Crippen molar-refractivity contribution in [3.05, 3.63) is 35.0 Å². The Morgan fingerprint density at radius 1 is 1.10 bits per heavy atom. The molecule has 0 atom stereocenters. The third kappa shape index (κ3) is 1.70. The van der Waals surface area contributed by atoms with Gasteiger partial charge in [-0.15, -0.1) is 0 Å². The largest absolute Gasteiger partial charge is 0.497 e. The molecule has 5 heteroatoms. The Morgan fingerprint density at radius 2 is 1.95 bits per heavy atom. The second-order valence-electron chi connectivity index (χ2n) is 5.60. The predicted molar refractivity (Wildman–Crippen MR) is 76.0 cm³/mol. The van der Waals surface area contributed by atoms with E-state index in [1.54, 1.807) is 17.1 Å². The van der Waals surface area contributed by atoms with Crippen LogP contribution in [0.1, 0.15) is 30.4 Å². The fourth-order valence-electron chi connectivity index (χ4n) is 3.55. The first-order valence-corrected chi connectivity index (χ1v) is 7.21. The molecular weight excluding hydrogens is 268 g/mol. The van der Waals surface area contributed by atoms with E-state index in [-0.39, 0.29) is 18.2 Å². The molecule has 1 aliphatic carbocycles. The van der Waals surface area contributed by atoms with Gasteiger partial charge in [-0.05, 0) is 48.1 Å². The Hall–Kier alpha value is -2.30. The lowest BCUT2D eigenvalue weighted by atomic mass is 9.85. The fourth-order valence-corrected chi connectivity index (χ4v) is 3.55. The van der Waals surface area contributed by atoms with Crippen molar-refractivity contribution in [3.63, 3.8) is 0 Å². The minimum Gasteiger partial charge on any atom is -0.497 e. The second-order valence-corrected chi connectivity index (χ2v) is 5.60. The zero-order chi connectivity index (χ0) is 14.6. The summed E-state index contributed by atoms with van der Waals surface area (Å²) in [6, 6.07) is 6.10. The summed E-state index contributed by atoms with van der Waals surface area (Å²) < 4.78 is 5.28. The lowest BCUT2D eigenvalue weighted by Gasteiger charge is -2.39. The smallest absolute Gasteiger partial charge is 0.255 e. The molecule has 108 valence electrons. The molecule has 1 aromatic rings. The summed E-state index contributed by atoms with van der Waals surface area (Å²) in [6.45, 7) is 0.592. The van der Waals surface area contributed by atoms with Gasteiger partial charge in [0.2, 0.25) is 0 Å². The van der Waals surface area contributed by atoms with Crippen LogP contribution in [0.25, 0.3) is 5.57 Å². The van der Waals surface area contributed by atoms with Gasteiger partial charge in [0, 0.05) is 12.2 Å².